The monoisotopic (exact) mass is 422 g/mol. The lowest BCUT2D eigenvalue weighted by Crippen LogP contribution is -2.50. The van der Waals surface area contributed by atoms with Gasteiger partial charge in [0.25, 0.3) is 0 Å². The highest BCUT2D eigenvalue weighted by molar-refractivity contribution is 7.19. The summed E-state index contributed by atoms with van der Waals surface area (Å²) in [5.41, 5.74) is 9.17. The summed E-state index contributed by atoms with van der Waals surface area (Å²) in [4.78, 5) is 23.7. The van der Waals surface area contributed by atoms with E-state index in [9.17, 15) is 4.79 Å². The maximum atomic E-state index is 12.6. The quantitative estimate of drug-likeness (QED) is 0.370. The Labute approximate surface area is 177 Å². The van der Waals surface area contributed by atoms with Crippen LogP contribution in [0.4, 0.5) is 17.2 Å². The molecule has 154 valence electrons. The third kappa shape index (κ3) is 3.40. The molecule has 30 heavy (non-hydrogen) atoms. The number of fused-ring (bicyclic) bond motifs is 3. The number of aromatic nitrogens is 2. The second-order valence-electron chi connectivity index (χ2n) is 7.70. The molecule has 2 aliphatic rings. The highest BCUT2D eigenvalue weighted by Crippen LogP contribution is 2.40. The van der Waals surface area contributed by atoms with Gasteiger partial charge in [-0.2, -0.15) is 0 Å². The molecule has 8 nitrogen and oxygen atoms in total. The third-order valence-electron chi connectivity index (χ3n) is 5.71. The van der Waals surface area contributed by atoms with Crippen molar-refractivity contribution in [1.82, 2.24) is 15.3 Å². The number of carbonyl (C=O) groups is 1. The first kappa shape index (κ1) is 19.0. The fraction of sp³-hybridized carbons (Fsp3) is 0.333. The Balaban J connectivity index is 1.42. The first-order valence-corrected chi connectivity index (χ1v) is 10.7. The summed E-state index contributed by atoms with van der Waals surface area (Å²) < 4.78 is 5.15. The Morgan fingerprint density at radius 3 is 2.97 bits per heavy atom. The van der Waals surface area contributed by atoms with E-state index in [4.69, 9.17) is 15.9 Å². The zero-order valence-corrected chi connectivity index (χ0v) is 17.1. The zero-order valence-electron chi connectivity index (χ0n) is 16.3. The number of nitrogens with zero attached hydrogens (tertiary/aromatic N) is 2. The molecule has 1 aromatic carbocycles. The van der Waals surface area contributed by atoms with Crippen molar-refractivity contribution >= 4 is 50.9 Å². The number of hydrogen-bond donors (Lipinski definition) is 4. The van der Waals surface area contributed by atoms with E-state index in [2.05, 4.69) is 20.6 Å². The van der Waals surface area contributed by atoms with Gasteiger partial charge in [-0.1, -0.05) is 0 Å². The molecule has 5 rings (SSSR count). The van der Waals surface area contributed by atoms with Crippen molar-refractivity contribution < 1.29 is 9.53 Å². The van der Waals surface area contributed by atoms with Gasteiger partial charge in [0, 0.05) is 33.9 Å². The van der Waals surface area contributed by atoms with Crippen molar-refractivity contribution in [2.45, 2.75) is 25.3 Å². The molecule has 1 atom stereocenters. The molecule has 0 saturated carbocycles. The van der Waals surface area contributed by atoms with Gasteiger partial charge in [-0.3, -0.25) is 4.79 Å². The second-order valence-corrected chi connectivity index (χ2v) is 8.79. The number of ether oxygens (including phenoxy) is 1. The van der Waals surface area contributed by atoms with Gasteiger partial charge < -0.3 is 26.5 Å². The van der Waals surface area contributed by atoms with E-state index >= 15 is 0 Å². The minimum absolute atomic E-state index is 0.0113. The van der Waals surface area contributed by atoms with E-state index in [0.717, 1.165) is 41.0 Å². The van der Waals surface area contributed by atoms with Crippen LogP contribution in [0.15, 0.2) is 24.5 Å². The second kappa shape index (κ2) is 7.66. The molecule has 1 aliphatic carbocycles. The Morgan fingerprint density at radius 2 is 2.20 bits per heavy atom. The molecule has 1 fully saturated rings. The predicted molar refractivity (Wildman–Crippen MR) is 118 cm³/mol. The summed E-state index contributed by atoms with van der Waals surface area (Å²) in [6, 6.07) is 5.65. The van der Waals surface area contributed by atoms with Gasteiger partial charge in [0.15, 0.2) is 0 Å². The average molecular weight is 423 g/mol. The van der Waals surface area contributed by atoms with Gasteiger partial charge in [0.2, 0.25) is 5.91 Å². The number of nitrogen functional groups attached to an aromatic ring is 1. The molecule has 1 saturated heterocycles. The van der Waals surface area contributed by atoms with Gasteiger partial charge in [-0.25, -0.2) is 9.97 Å². The number of carbonyl (C=O) groups excluding carboxylic acids is 1. The number of aryl methyl sites for hydroxylation is 1. The van der Waals surface area contributed by atoms with Crippen LogP contribution in [-0.2, 0) is 22.4 Å². The van der Waals surface area contributed by atoms with Gasteiger partial charge in [0.1, 0.15) is 17.0 Å². The van der Waals surface area contributed by atoms with E-state index in [1.807, 2.05) is 12.1 Å². The minimum Gasteiger partial charge on any atom is -0.398 e. The molecule has 5 N–H and O–H groups in total. The number of hydrogen-bond acceptors (Lipinski definition) is 8. The molecule has 0 spiro atoms. The Morgan fingerprint density at radius 1 is 1.33 bits per heavy atom. The average Bonchev–Trinajstić information content (AvgIpc) is 3.10. The van der Waals surface area contributed by atoms with Gasteiger partial charge in [-0.15, -0.1) is 11.3 Å². The molecular weight excluding hydrogens is 400 g/mol. The summed E-state index contributed by atoms with van der Waals surface area (Å²) in [5.74, 6) is 0.854. The smallest absolute Gasteiger partial charge is 0.223 e. The predicted octanol–water partition coefficient (Wildman–Crippen LogP) is 2.63. The zero-order chi connectivity index (χ0) is 20.7. The maximum Gasteiger partial charge on any atom is 0.223 e. The highest BCUT2D eigenvalue weighted by Gasteiger charge is 2.31. The van der Waals surface area contributed by atoms with Crippen LogP contribution in [0, 0.1) is 11.3 Å². The van der Waals surface area contributed by atoms with Crippen molar-refractivity contribution in [2.24, 2.45) is 5.92 Å². The summed E-state index contributed by atoms with van der Waals surface area (Å²) in [6.07, 6.45) is 5.16. The normalized spacial score (nSPS) is 18.5. The third-order valence-corrected chi connectivity index (χ3v) is 6.87. The molecular formula is C21H22N6O2S. The van der Waals surface area contributed by atoms with Crippen molar-refractivity contribution in [3.63, 3.8) is 0 Å². The number of rotatable bonds is 5. The van der Waals surface area contributed by atoms with E-state index in [-0.39, 0.29) is 17.9 Å². The van der Waals surface area contributed by atoms with Crippen LogP contribution >= 0.6 is 11.3 Å². The standard InChI is InChI=1S/C21H22N6O2S/c22-7-12-5-13(2-4-16(12)23)26-19-18-15-3-1-11(20(28)27-14-8-29-9-14)6-17(15)30-21(18)25-10-24-19/h2,4-5,7,10-11,14,22H,1,3,6,8-9,23H2,(H,27,28)(H,24,25,26). The summed E-state index contributed by atoms with van der Waals surface area (Å²) in [7, 11) is 0. The van der Waals surface area contributed by atoms with Crippen molar-refractivity contribution in [3.05, 3.63) is 40.5 Å². The number of thiophene rings is 1. The topological polar surface area (TPSA) is 126 Å². The van der Waals surface area contributed by atoms with Crippen molar-refractivity contribution in [1.29, 1.82) is 5.41 Å². The molecule has 0 radical (unpaired) electrons. The van der Waals surface area contributed by atoms with Crippen molar-refractivity contribution in [2.75, 3.05) is 24.3 Å². The highest BCUT2D eigenvalue weighted by atomic mass is 32.1. The minimum atomic E-state index is -0.0113. The number of benzene rings is 1. The lowest BCUT2D eigenvalue weighted by Gasteiger charge is -2.30. The molecule has 0 bridgehead atoms. The van der Waals surface area contributed by atoms with E-state index < -0.39 is 0 Å². The SMILES string of the molecule is N=Cc1cc(Nc2ncnc3sc4c(c23)CCC(C(=O)NC2COC2)C4)ccc1N. The fourth-order valence-electron chi connectivity index (χ4n) is 3.98. The molecule has 1 amide bonds. The molecule has 1 aliphatic heterocycles. The Kier molecular flexibility index (Phi) is 4.84. The largest absolute Gasteiger partial charge is 0.398 e. The van der Waals surface area contributed by atoms with Crippen LogP contribution in [0.25, 0.3) is 10.2 Å². The summed E-state index contributed by atoms with van der Waals surface area (Å²) in [5, 5.41) is 15.0. The van der Waals surface area contributed by atoms with E-state index in [1.54, 1.807) is 23.7 Å². The van der Waals surface area contributed by atoms with Gasteiger partial charge in [-0.05, 0) is 43.0 Å². The summed E-state index contributed by atoms with van der Waals surface area (Å²) >= 11 is 1.64. The lowest BCUT2D eigenvalue weighted by molar-refractivity contribution is -0.129. The van der Waals surface area contributed by atoms with Gasteiger partial charge >= 0.3 is 0 Å². The van der Waals surface area contributed by atoms with Crippen molar-refractivity contribution in [3.8, 4) is 0 Å². The van der Waals surface area contributed by atoms with Crippen LogP contribution in [-0.4, -0.2) is 41.3 Å². The molecule has 3 heterocycles. The van der Waals surface area contributed by atoms with Crippen LogP contribution in [0.5, 0.6) is 0 Å². The molecule has 9 heteroatoms. The van der Waals surface area contributed by atoms with E-state index in [1.165, 1.54) is 16.7 Å². The van der Waals surface area contributed by atoms with Crippen LogP contribution in [0.2, 0.25) is 0 Å². The van der Waals surface area contributed by atoms with Crippen LogP contribution in [0.3, 0.4) is 0 Å². The van der Waals surface area contributed by atoms with Crippen LogP contribution < -0.4 is 16.4 Å². The Bertz CT molecular complexity index is 1140. The van der Waals surface area contributed by atoms with E-state index in [0.29, 0.717) is 24.5 Å². The van der Waals surface area contributed by atoms with Gasteiger partial charge in [0.05, 0.1) is 24.6 Å². The number of anilines is 3. The van der Waals surface area contributed by atoms with Crippen LogP contribution in [0.1, 0.15) is 22.4 Å². The number of amides is 1. The number of nitrogens with one attached hydrogen (secondary N) is 3. The fourth-order valence-corrected chi connectivity index (χ4v) is 5.25. The molecule has 1 unspecified atom stereocenters. The number of nitrogens with two attached hydrogens (primary N) is 1. The lowest BCUT2D eigenvalue weighted by atomic mass is 9.87. The first-order valence-electron chi connectivity index (χ1n) is 9.92. The first-order chi connectivity index (χ1) is 14.6. The maximum absolute atomic E-state index is 12.6. The molecule has 2 aromatic heterocycles. The molecule has 3 aromatic rings. The summed E-state index contributed by atoms with van der Waals surface area (Å²) in [6.45, 7) is 1.23. The Hall–Kier alpha value is -3.04.